The summed E-state index contributed by atoms with van der Waals surface area (Å²) >= 11 is 0.911. The highest BCUT2D eigenvalue weighted by molar-refractivity contribution is 7.91. The lowest BCUT2D eigenvalue weighted by molar-refractivity contribution is -0.144. The van der Waals surface area contributed by atoms with Crippen molar-refractivity contribution in [1.82, 2.24) is 25.3 Å². The van der Waals surface area contributed by atoms with Gasteiger partial charge in [-0.1, -0.05) is 17.3 Å². The third kappa shape index (κ3) is 9.38. The Labute approximate surface area is 248 Å². The Bertz CT molecular complexity index is 1680. The Kier molecular flexibility index (Phi) is 10.5. The number of nitrogens with one attached hydrogen (secondary N) is 1. The van der Waals surface area contributed by atoms with Crippen molar-refractivity contribution in [2.24, 2.45) is 5.14 Å². The number of aromatic nitrogens is 4. The molecule has 0 bridgehead atoms. The third-order valence-corrected chi connectivity index (χ3v) is 7.91. The van der Waals surface area contributed by atoms with Crippen molar-refractivity contribution < 1.29 is 46.8 Å². The van der Waals surface area contributed by atoms with Crippen molar-refractivity contribution in [2.45, 2.75) is 36.2 Å². The van der Waals surface area contributed by atoms with Crippen LogP contribution in [0, 0.1) is 0 Å². The van der Waals surface area contributed by atoms with Crippen LogP contribution in [-0.2, 0) is 44.1 Å². The van der Waals surface area contributed by atoms with Crippen LogP contribution in [0.4, 0.5) is 4.39 Å². The molecule has 0 saturated heterocycles. The molecule has 0 fully saturated rings. The number of aliphatic hydroxyl groups is 1. The maximum Gasteiger partial charge on any atom is 0.328 e. The number of fused-ring (bicyclic) bond motifs is 1. The van der Waals surface area contributed by atoms with Gasteiger partial charge in [0.15, 0.2) is 6.04 Å². The van der Waals surface area contributed by atoms with Crippen LogP contribution >= 0.6 is 11.3 Å². The second-order valence-corrected chi connectivity index (χ2v) is 11.9. The van der Waals surface area contributed by atoms with Crippen LogP contribution in [0.25, 0.3) is 10.2 Å². The van der Waals surface area contributed by atoms with Gasteiger partial charge < -0.3 is 29.7 Å². The molecular weight excluding hydrogens is 611 g/mol. The van der Waals surface area contributed by atoms with Gasteiger partial charge in [0.2, 0.25) is 10.2 Å². The molecule has 43 heavy (non-hydrogen) atoms. The maximum atomic E-state index is 12.5. The SMILES string of the molecule is NS(=O)(=O)c1nc2ccc(OCc3cn(CC(=O)NC(COCc4cccc(OC[C@H](O)CF)c4)C(=O)O)nn3)cc2s1. The Morgan fingerprint density at radius 3 is 2.65 bits per heavy atom. The van der Waals surface area contributed by atoms with Gasteiger partial charge in [0, 0.05) is 0 Å². The van der Waals surface area contributed by atoms with Gasteiger partial charge in [0.05, 0.1) is 29.6 Å². The topological polar surface area (TPSA) is 218 Å². The van der Waals surface area contributed by atoms with E-state index in [0.717, 1.165) is 11.3 Å². The molecule has 15 nitrogen and oxygen atoms in total. The summed E-state index contributed by atoms with van der Waals surface area (Å²) in [5, 5.41) is 34.1. The minimum atomic E-state index is -3.92. The van der Waals surface area contributed by atoms with Crippen LogP contribution in [0.1, 0.15) is 11.3 Å². The molecule has 1 unspecified atom stereocenters. The lowest BCUT2D eigenvalue weighted by Gasteiger charge is -2.15. The average Bonchev–Trinajstić information content (AvgIpc) is 3.61. The minimum absolute atomic E-state index is 0.0117. The van der Waals surface area contributed by atoms with Gasteiger partial charge >= 0.3 is 5.97 Å². The highest BCUT2D eigenvalue weighted by Crippen LogP contribution is 2.28. The molecule has 4 rings (SSSR count). The van der Waals surface area contributed by atoms with Crippen molar-refractivity contribution in [3.05, 3.63) is 59.9 Å². The first-order valence-electron chi connectivity index (χ1n) is 12.5. The quantitative estimate of drug-likeness (QED) is 0.133. The van der Waals surface area contributed by atoms with Gasteiger partial charge in [-0.15, -0.1) is 16.4 Å². The second-order valence-electron chi connectivity index (χ2n) is 9.09. The van der Waals surface area contributed by atoms with Gasteiger partial charge in [0.25, 0.3) is 10.0 Å². The van der Waals surface area contributed by atoms with Crippen LogP contribution in [0.5, 0.6) is 11.5 Å². The number of hydrogen-bond donors (Lipinski definition) is 4. The fourth-order valence-electron chi connectivity index (χ4n) is 3.55. The number of alkyl halides is 1. The third-order valence-electron chi connectivity index (χ3n) is 5.57. The monoisotopic (exact) mass is 638 g/mol. The summed E-state index contributed by atoms with van der Waals surface area (Å²) in [5.41, 5.74) is 1.47. The number of amides is 1. The molecule has 5 N–H and O–H groups in total. The van der Waals surface area contributed by atoms with Crippen molar-refractivity contribution in [2.75, 3.05) is 19.9 Å². The number of sulfonamides is 1. The number of nitrogens with zero attached hydrogens (tertiary/aromatic N) is 4. The summed E-state index contributed by atoms with van der Waals surface area (Å²) in [7, 11) is -3.92. The molecule has 0 saturated carbocycles. The van der Waals surface area contributed by atoms with Crippen molar-refractivity contribution in [3.8, 4) is 11.5 Å². The molecular formula is C25H27FN6O9S2. The number of aliphatic carboxylic acids is 1. The number of hydrogen-bond acceptors (Lipinski definition) is 12. The first-order chi connectivity index (χ1) is 20.5. The van der Waals surface area contributed by atoms with Gasteiger partial charge in [-0.25, -0.2) is 32.4 Å². The van der Waals surface area contributed by atoms with E-state index in [1.54, 1.807) is 42.5 Å². The van der Waals surface area contributed by atoms with Gasteiger partial charge in [-0.05, 0) is 35.9 Å². The number of benzene rings is 2. The molecule has 0 aliphatic heterocycles. The highest BCUT2D eigenvalue weighted by atomic mass is 32.2. The molecule has 2 heterocycles. The molecule has 0 aliphatic rings. The Morgan fingerprint density at radius 1 is 1.12 bits per heavy atom. The second kappa shape index (κ2) is 14.3. The first-order valence-corrected chi connectivity index (χ1v) is 14.9. The van der Waals surface area contributed by atoms with E-state index in [1.807, 2.05) is 0 Å². The summed E-state index contributed by atoms with van der Waals surface area (Å²) in [5.74, 6) is -1.14. The molecule has 230 valence electrons. The van der Waals surface area contributed by atoms with E-state index in [1.165, 1.54) is 10.9 Å². The van der Waals surface area contributed by atoms with E-state index in [-0.39, 0.29) is 37.3 Å². The van der Waals surface area contributed by atoms with Crippen molar-refractivity contribution >= 4 is 43.5 Å². The fourth-order valence-corrected chi connectivity index (χ4v) is 5.24. The Balaban J connectivity index is 1.24. The van der Waals surface area contributed by atoms with Crippen LogP contribution in [0.3, 0.4) is 0 Å². The summed E-state index contributed by atoms with van der Waals surface area (Å²) in [6.45, 7) is -1.79. The molecule has 0 aliphatic carbocycles. The van der Waals surface area contributed by atoms with E-state index in [4.69, 9.17) is 19.3 Å². The number of carbonyl (C=O) groups excluding carboxylic acids is 1. The standard InChI is InChI=1S/C25H27FN6O9S2/c26-8-17(33)13-41-18-3-1-2-15(6-18)11-39-14-21(24(35)36)28-23(34)10-32-9-16(30-31-32)12-40-19-4-5-20-22(7-19)42-25(29-20)43(27,37)38/h1-7,9,17,21,33H,8,10-14H2,(H,28,34)(H,35,36)(H2,27,37,38)/t17-,21?/m1/s1. The number of rotatable bonds is 16. The number of carboxylic acid groups (broad SMARTS) is 1. The highest BCUT2D eigenvalue weighted by Gasteiger charge is 2.21. The summed E-state index contributed by atoms with van der Waals surface area (Å²) in [4.78, 5) is 28.1. The van der Waals surface area contributed by atoms with Crippen LogP contribution in [-0.4, -0.2) is 82.5 Å². The Hall–Kier alpha value is -4.23. The molecule has 2 atom stereocenters. The predicted octanol–water partition coefficient (Wildman–Crippen LogP) is 0.610. The zero-order valence-corrected chi connectivity index (χ0v) is 24.0. The number of halogens is 1. The number of thiazole rings is 1. The van der Waals surface area contributed by atoms with Gasteiger partial charge in [-0.3, -0.25) is 4.79 Å². The number of carboxylic acids is 1. The summed E-state index contributed by atoms with van der Waals surface area (Å²) < 4.78 is 53.4. The average molecular weight is 639 g/mol. The van der Waals surface area contributed by atoms with Crippen LogP contribution in [0.2, 0.25) is 0 Å². The number of nitrogens with two attached hydrogens (primary N) is 1. The van der Waals surface area contributed by atoms with E-state index in [0.29, 0.717) is 33.0 Å². The Morgan fingerprint density at radius 2 is 1.91 bits per heavy atom. The van der Waals surface area contributed by atoms with E-state index < -0.39 is 40.7 Å². The molecule has 18 heteroatoms. The molecule has 1 amide bonds. The van der Waals surface area contributed by atoms with Gasteiger partial charge in [-0.2, -0.15) is 0 Å². The molecule has 2 aromatic heterocycles. The van der Waals surface area contributed by atoms with E-state index in [2.05, 4.69) is 20.6 Å². The zero-order chi connectivity index (χ0) is 31.0. The number of ether oxygens (including phenoxy) is 3. The zero-order valence-electron chi connectivity index (χ0n) is 22.3. The van der Waals surface area contributed by atoms with E-state index >= 15 is 0 Å². The predicted molar refractivity (Wildman–Crippen MR) is 148 cm³/mol. The normalized spacial score (nSPS) is 13.0. The number of primary sulfonamides is 1. The van der Waals surface area contributed by atoms with Crippen molar-refractivity contribution in [1.29, 1.82) is 0 Å². The number of aliphatic hydroxyl groups excluding tert-OH is 1. The van der Waals surface area contributed by atoms with E-state index in [9.17, 15) is 32.6 Å². The fraction of sp³-hybridized carbons (Fsp3) is 0.320. The van der Waals surface area contributed by atoms with Crippen LogP contribution in [0.15, 0.2) is 53.0 Å². The summed E-state index contributed by atoms with van der Waals surface area (Å²) in [6.07, 6.45) is 0.220. The maximum absolute atomic E-state index is 12.5. The lowest BCUT2D eigenvalue weighted by Crippen LogP contribution is -2.45. The summed E-state index contributed by atoms with van der Waals surface area (Å²) in [6, 6.07) is 10.1. The lowest BCUT2D eigenvalue weighted by atomic mass is 10.2. The largest absolute Gasteiger partial charge is 0.491 e. The molecule has 0 radical (unpaired) electrons. The smallest absolute Gasteiger partial charge is 0.328 e. The van der Waals surface area contributed by atoms with Gasteiger partial charge in [0.1, 0.15) is 49.7 Å². The minimum Gasteiger partial charge on any atom is -0.491 e. The van der Waals surface area contributed by atoms with Crippen molar-refractivity contribution in [3.63, 3.8) is 0 Å². The number of carbonyl (C=O) groups is 2. The first kappa shape index (κ1) is 31.7. The molecule has 2 aromatic carbocycles. The molecule has 0 spiro atoms. The molecule has 4 aromatic rings. The van der Waals surface area contributed by atoms with Crippen LogP contribution < -0.4 is 19.9 Å².